The number of nitrogens with zero attached hydrogens (tertiary/aromatic N) is 1. The molecule has 1 N–H and O–H groups in total. The maximum atomic E-state index is 12.5. The maximum Gasteiger partial charge on any atom is 0.253 e. The van der Waals surface area contributed by atoms with Gasteiger partial charge in [0.1, 0.15) is 0 Å². The molecule has 0 bridgehead atoms. The molecule has 0 aromatic heterocycles. The Balaban J connectivity index is 1.65. The van der Waals surface area contributed by atoms with Crippen LogP contribution in [0.25, 0.3) is 0 Å². The van der Waals surface area contributed by atoms with Crippen LogP contribution in [0.3, 0.4) is 0 Å². The number of rotatable bonds is 3. The highest BCUT2D eigenvalue weighted by Gasteiger charge is 2.20. The summed E-state index contributed by atoms with van der Waals surface area (Å²) in [4.78, 5) is 14.3. The van der Waals surface area contributed by atoms with Gasteiger partial charge in [0.05, 0.1) is 0 Å². The Morgan fingerprint density at radius 2 is 2.20 bits per heavy atom. The summed E-state index contributed by atoms with van der Waals surface area (Å²) in [5.41, 5.74) is 3.22. The molecule has 2 aliphatic rings. The zero-order valence-electron chi connectivity index (χ0n) is 12.0. The van der Waals surface area contributed by atoms with Gasteiger partial charge in [-0.15, -0.1) is 0 Å². The van der Waals surface area contributed by atoms with Crippen molar-refractivity contribution in [3.8, 4) is 0 Å². The molecular formula is C16H22N2O2. The Morgan fingerprint density at radius 1 is 1.40 bits per heavy atom. The molecule has 0 spiro atoms. The first-order chi connectivity index (χ1) is 9.74. The summed E-state index contributed by atoms with van der Waals surface area (Å²) < 4.78 is 5.37. The van der Waals surface area contributed by atoms with Crippen LogP contribution in [0.5, 0.6) is 0 Å². The number of benzene rings is 1. The van der Waals surface area contributed by atoms with Gasteiger partial charge < -0.3 is 15.0 Å². The molecule has 0 atom stereocenters. The van der Waals surface area contributed by atoms with Crippen LogP contribution in [0.2, 0.25) is 0 Å². The lowest BCUT2D eigenvalue weighted by atomic mass is 9.99. The predicted molar refractivity (Wildman–Crippen MR) is 79.1 cm³/mol. The topological polar surface area (TPSA) is 41.6 Å². The van der Waals surface area contributed by atoms with E-state index >= 15 is 0 Å². The van der Waals surface area contributed by atoms with Crippen LogP contribution in [-0.2, 0) is 11.2 Å². The highest BCUT2D eigenvalue weighted by atomic mass is 16.5. The summed E-state index contributed by atoms with van der Waals surface area (Å²) in [5.74, 6) is 0.693. The average Bonchev–Trinajstić information content (AvgIpc) is 2.94. The molecule has 3 rings (SSSR count). The Labute approximate surface area is 120 Å². The van der Waals surface area contributed by atoms with E-state index in [0.29, 0.717) is 5.92 Å². The van der Waals surface area contributed by atoms with Gasteiger partial charge in [-0.3, -0.25) is 4.79 Å². The first-order valence-corrected chi connectivity index (χ1v) is 7.44. The zero-order valence-corrected chi connectivity index (χ0v) is 12.0. The molecule has 20 heavy (non-hydrogen) atoms. The number of hydrogen-bond donors (Lipinski definition) is 1. The molecule has 4 nitrogen and oxygen atoms in total. The smallest absolute Gasteiger partial charge is 0.253 e. The lowest BCUT2D eigenvalue weighted by Crippen LogP contribution is -2.34. The number of carbonyl (C=O) groups is 1. The van der Waals surface area contributed by atoms with E-state index in [1.807, 2.05) is 24.1 Å². The SMILES string of the molecule is CN(CC1CCOCC1)C(=O)c1ccc2c(c1)NCC2. The van der Waals surface area contributed by atoms with E-state index in [1.165, 1.54) is 5.56 Å². The first kappa shape index (κ1) is 13.4. The van der Waals surface area contributed by atoms with Crippen molar-refractivity contribution in [2.75, 3.05) is 38.7 Å². The van der Waals surface area contributed by atoms with E-state index in [9.17, 15) is 4.79 Å². The van der Waals surface area contributed by atoms with Gasteiger partial charge in [0.15, 0.2) is 0 Å². The molecule has 108 valence electrons. The Bertz CT molecular complexity index is 495. The van der Waals surface area contributed by atoms with Gasteiger partial charge in [0, 0.05) is 44.6 Å². The van der Waals surface area contributed by atoms with E-state index < -0.39 is 0 Å². The van der Waals surface area contributed by atoms with E-state index in [0.717, 1.165) is 56.8 Å². The van der Waals surface area contributed by atoms with Crippen LogP contribution in [0, 0.1) is 5.92 Å². The minimum atomic E-state index is 0.119. The van der Waals surface area contributed by atoms with Crippen molar-refractivity contribution in [1.29, 1.82) is 0 Å². The van der Waals surface area contributed by atoms with Gasteiger partial charge in [0.25, 0.3) is 5.91 Å². The number of fused-ring (bicyclic) bond motifs is 1. The predicted octanol–water partition coefficient (Wildman–Crippen LogP) is 2.15. The Morgan fingerprint density at radius 3 is 3.00 bits per heavy atom. The molecule has 1 amide bonds. The number of carbonyl (C=O) groups excluding carboxylic acids is 1. The third-order valence-corrected chi connectivity index (χ3v) is 4.29. The van der Waals surface area contributed by atoms with Crippen molar-refractivity contribution in [2.24, 2.45) is 5.92 Å². The van der Waals surface area contributed by atoms with Crippen LogP contribution in [0.15, 0.2) is 18.2 Å². The molecule has 1 fully saturated rings. The van der Waals surface area contributed by atoms with Crippen LogP contribution >= 0.6 is 0 Å². The largest absolute Gasteiger partial charge is 0.384 e. The summed E-state index contributed by atoms with van der Waals surface area (Å²) in [6.45, 7) is 3.46. The van der Waals surface area contributed by atoms with Gasteiger partial charge in [-0.2, -0.15) is 0 Å². The molecule has 2 heterocycles. The summed E-state index contributed by atoms with van der Waals surface area (Å²) in [7, 11) is 1.90. The fourth-order valence-electron chi connectivity index (χ4n) is 3.04. The summed E-state index contributed by atoms with van der Waals surface area (Å²) in [6.07, 6.45) is 3.18. The molecule has 4 heteroatoms. The monoisotopic (exact) mass is 274 g/mol. The fourth-order valence-corrected chi connectivity index (χ4v) is 3.04. The third-order valence-electron chi connectivity index (χ3n) is 4.29. The highest BCUT2D eigenvalue weighted by Crippen LogP contribution is 2.24. The summed E-state index contributed by atoms with van der Waals surface area (Å²) in [5, 5.41) is 3.33. The van der Waals surface area contributed by atoms with Gasteiger partial charge in [-0.1, -0.05) is 6.07 Å². The van der Waals surface area contributed by atoms with Crippen LogP contribution in [0.1, 0.15) is 28.8 Å². The van der Waals surface area contributed by atoms with Crippen molar-refractivity contribution >= 4 is 11.6 Å². The molecular weight excluding hydrogens is 252 g/mol. The van der Waals surface area contributed by atoms with Crippen molar-refractivity contribution in [3.63, 3.8) is 0 Å². The number of nitrogens with one attached hydrogen (secondary N) is 1. The molecule has 1 aromatic carbocycles. The molecule has 0 saturated carbocycles. The summed E-state index contributed by atoms with van der Waals surface area (Å²) >= 11 is 0. The van der Waals surface area contributed by atoms with E-state index in [1.54, 1.807) is 0 Å². The van der Waals surface area contributed by atoms with Crippen molar-refractivity contribution in [1.82, 2.24) is 4.90 Å². The molecule has 1 aromatic rings. The Kier molecular flexibility index (Phi) is 3.92. The van der Waals surface area contributed by atoms with Crippen LogP contribution in [0.4, 0.5) is 5.69 Å². The summed E-state index contributed by atoms with van der Waals surface area (Å²) in [6, 6.07) is 6.02. The third kappa shape index (κ3) is 2.80. The molecule has 0 radical (unpaired) electrons. The van der Waals surface area contributed by atoms with Crippen molar-refractivity contribution in [2.45, 2.75) is 19.3 Å². The second kappa shape index (κ2) is 5.83. The normalized spacial score (nSPS) is 18.4. The number of ether oxygens (including phenoxy) is 1. The number of amides is 1. The molecule has 1 saturated heterocycles. The standard InChI is InChI=1S/C16H22N2O2/c1-18(11-12-5-8-20-9-6-12)16(19)14-3-2-13-4-7-17-15(13)10-14/h2-3,10,12,17H,4-9,11H2,1H3. The van der Waals surface area contributed by atoms with Crippen LogP contribution in [-0.4, -0.2) is 44.2 Å². The second-order valence-electron chi connectivity index (χ2n) is 5.79. The number of anilines is 1. The lowest BCUT2D eigenvalue weighted by molar-refractivity contribution is 0.0497. The minimum Gasteiger partial charge on any atom is -0.384 e. The first-order valence-electron chi connectivity index (χ1n) is 7.44. The lowest BCUT2D eigenvalue weighted by Gasteiger charge is -2.27. The average molecular weight is 274 g/mol. The van der Waals surface area contributed by atoms with Gasteiger partial charge >= 0.3 is 0 Å². The quantitative estimate of drug-likeness (QED) is 0.918. The van der Waals surface area contributed by atoms with Crippen molar-refractivity contribution < 1.29 is 9.53 Å². The second-order valence-corrected chi connectivity index (χ2v) is 5.79. The molecule has 0 unspecified atom stereocenters. The van der Waals surface area contributed by atoms with Gasteiger partial charge in [-0.25, -0.2) is 0 Å². The van der Waals surface area contributed by atoms with Crippen LogP contribution < -0.4 is 5.32 Å². The molecule has 0 aliphatic carbocycles. The minimum absolute atomic E-state index is 0.119. The fraction of sp³-hybridized carbons (Fsp3) is 0.562. The zero-order chi connectivity index (χ0) is 13.9. The number of hydrogen-bond acceptors (Lipinski definition) is 3. The van der Waals surface area contributed by atoms with E-state index in [2.05, 4.69) is 11.4 Å². The van der Waals surface area contributed by atoms with Gasteiger partial charge in [0.2, 0.25) is 0 Å². The molecule has 2 aliphatic heterocycles. The Hall–Kier alpha value is -1.55. The highest BCUT2D eigenvalue weighted by molar-refractivity contribution is 5.95. The van der Waals surface area contributed by atoms with E-state index in [4.69, 9.17) is 4.74 Å². The maximum absolute atomic E-state index is 12.5. The van der Waals surface area contributed by atoms with Gasteiger partial charge in [-0.05, 0) is 42.9 Å². The van der Waals surface area contributed by atoms with E-state index in [-0.39, 0.29) is 5.91 Å². The van der Waals surface area contributed by atoms with Crippen molar-refractivity contribution in [3.05, 3.63) is 29.3 Å².